The third kappa shape index (κ3) is 6.43. The lowest BCUT2D eigenvalue weighted by Gasteiger charge is -2.38. The van der Waals surface area contributed by atoms with Crippen molar-refractivity contribution in [2.45, 2.75) is 49.7 Å². The van der Waals surface area contributed by atoms with Gasteiger partial charge in [0, 0.05) is 30.9 Å². The van der Waals surface area contributed by atoms with Crippen molar-refractivity contribution in [3.8, 4) is 5.75 Å². The summed E-state index contributed by atoms with van der Waals surface area (Å²) < 4.78 is 61.7. The number of piperidine rings is 1. The molecule has 2 aliphatic heterocycles. The molecule has 0 N–H and O–H groups in total. The van der Waals surface area contributed by atoms with Gasteiger partial charge in [-0.05, 0) is 49.1 Å². The summed E-state index contributed by atoms with van der Waals surface area (Å²) >= 11 is 0. The van der Waals surface area contributed by atoms with Crippen molar-refractivity contribution in [1.82, 2.24) is 9.88 Å². The van der Waals surface area contributed by atoms with Gasteiger partial charge in [-0.15, -0.1) is 0 Å². The fraction of sp³-hybridized carbons (Fsp3) is 0.520. The van der Waals surface area contributed by atoms with E-state index in [0.717, 1.165) is 12.1 Å². The maximum absolute atomic E-state index is 13.5. The highest BCUT2D eigenvalue weighted by Gasteiger charge is 2.47. The van der Waals surface area contributed by atoms with Crippen LogP contribution in [0.25, 0.3) is 0 Å². The first-order chi connectivity index (χ1) is 16.8. The molecular weight excluding hydrogens is 465 g/mol. The SMILES string of the molecule is COc1ccc(COC[C@@H](OC(=O)N2CCC3(CC2)CC(c2ccccn2)CO3)C(F)(F)F)cc1. The summed E-state index contributed by atoms with van der Waals surface area (Å²) in [5.41, 5.74) is 1.26. The van der Waals surface area contributed by atoms with Crippen LogP contribution >= 0.6 is 0 Å². The Morgan fingerprint density at radius 2 is 1.94 bits per heavy atom. The van der Waals surface area contributed by atoms with Gasteiger partial charge in [0.1, 0.15) is 5.75 Å². The Bertz CT molecular complexity index is 963. The highest BCUT2D eigenvalue weighted by Crippen LogP contribution is 2.42. The molecule has 2 aromatic rings. The van der Waals surface area contributed by atoms with Gasteiger partial charge >= 0.3 is 12.3 Å². The van der Waals surface area contributed by atoms with Gasteiger partial charge < -0.3 is 23.8 Å². The average molecular weight is 495 g/mol. The molecule has 190 valence electrons. The van der Waals surface area contributed by atoms with E-state index in [0.29, 0.717) is 30.8 Å². The summed E-state index contributed by atoms with van der Waals surface area (Å²) in [7, 11) is 1.52. The average Bonchev–Trinajstić information content (AvgIpc) is 3.27. The number of carbonyl (C=O) groups excluding carboxylic acids is 1. The largest absolute Gasteiger partial charge is 0.497 e. The maximum atomic E-state index is 13.5. The minimum Gasteiger partial charge on any atom is -0.497 e. The van der Waals surface area contributed by atoms with Gasteiger partial charge in [0.25, 0.3) is 0 Å². The van der Waals surface area contributed by atoms with Crippen LogP contribution in [0.3, 0.4) is 0 Å². The van der Waals surface area contributed by atoms with Gasteiger partial charge in [-0.1, -0.05) is 18.2 Å². The third-order valence-electron chi connectivity index (χ3n) is 6.55. The summed E-state index contributed by atoms with van der Waals surface area (Å²) in [6.45, 7) is 0.252. The first kappa shape index (κ1) is 25.2. The van der Waals surface area contributed by atoms with Crippen molar-refractivity contribution in [2.24, 2.45) is 0 Å². The number of rotatable bonds is 7. The van der Waals surface area contributed by atoms with Crippen LogP contribution in [0.5, 0.6) is 5.75 Å². The Morgan fingerprint density at radius 3 is 2.57 bits per heavy atom. The lowest BCUT2D eigenvalue weighted by Crippen LogP contribution is -2.49. The molecule has 1 spiro atoms. The van der Waals surface area contributed by atoms with Crippen LogP contribution < -0.4 is 4.74 Å². The number of benzene rings is 1. The zero-order valence-corrected chi connectivity index (χ0v) is 19.5. The molecular formula is C25H29F3N2O5. The molecule has 1 unspecified atom stereocenters. The van der Waals surface area contributed by atoms with Crippen LogP contribution in [0.2, 0.25) is 0 Å². The minimum atomic E-state index is -4.74. The maximum Gasteiger partial charge on any atom is 0.427 e. The van der Waals surface area contributed by atoms with E-state index in [-0.39, 0.29) is 31.2 Å². The molecule has 1 aromatic carbocycles. The number of carbonyl (C=O) groups is 1. The topological polar surface area (TPSA) is 70.1 Å². The van der Waals surface area contributed by atoms with E-state index >= 15 is 0 Å². The lowest BCUT2D eigenvalue weighted by molar-refractivity contribution is -0.220. The summed E-state index contributed by atoms with van der Waals surface area (Å²) in [5.74, 6) is 0.807. The Labute approximate surface area is 202 Å². The van der Waals surface area contributed by atoms with Crippen LogP contribution in [0.15, 0.2) is 48.7 Å². The quantitative estimate of drug-likeness (QED) is 0.555. The molecule has 2 saturated heterocycles. The molecule has 2 atom stereocenters. The fourth-order valence-electron chi connectivity index (χ4n) is 4.49. The summed E-state index contributed by atoms with van der Waals surface area (Å²) in [6.07, 6.45) is -4.48. The first-order valence-corrected chi connectivity index (χ1v) is 11.6. The molecule has 0 aliphatic carbocycles. The number of nitrogens with zero attached hydrogens (tertiary/aromatic N) is 2. The predicted molar refractivity (Wildman–Crippen MR) is 120 cm³/mol. The van der Waals surface area contributed by atoms with Crippen molar-refractivity contribution in [3.05, 3.63) is 59.9 Å². The van der Waals surface area contributed by atoms with E-state index in [1.165, 1.54) is 12.0 Å². The molecule has 35 heavy (non-hydrogen) atoms. The number of likely N-dealkylation sites (tertiary alicyclic amines) is 1. The number of amides is 1. The molecule has 1 aromatic heterocycles. The van der Waals surface area contributed by atoms with Crippen LogP contribution in [-0.4, -0.2) is 67.3 Å². The second kappa shape index (κ2) is 10.8. The van der Waals surface area contributed by atoms with Gasteiger partial charge in [-0.2, -0.15) is 13.2 Å². The van der Waals surface area contributed by atoms with Crippen molar-refractivity contribution < 1.29 is 36.9 Å². The normalized spacial score (nSPS) is 20.6. The molecule has 10 heteroatoms. The van der Waals surface area contributed by atoms with E-state index in [9.17, 15) is 18.0 Å². The van der Waals surface area contributed by atoms with E-state index < -0.39 is 25.0 Å². The van der Waals surface area contributed by atoms with Crippen LogP contribution in [0.4, 0.5) is 18.0 Å². The molecule has 1 amide bonds. The van der Waals surface area contributed by atoms with E-state index in [1.54, 1.807) is 30.5 Å². The highest BCUT2D eigenvalue weighted by atomic mass is 19.4. The minimum absolute atomic E-state index is 0.0465. The second-order valence-corrected chi connectivity index (χ2v) is 8.91. The van der Waals surface area contributed by atoms with E-state index in [4.69, 9.17) is 18.9 Å². The molecule has 0 radical (unpaired) electrons. The number of methoxy groups -OCH3 is 1. The number of hydrogen-bond acceptors (Lipinski definition) is 6. The van der Waals surface area contributed by atoms with Crippen molar-refractivity contribution in [3.63, 3.8) is 0 Å². The Balaban J connectivity index is 1.26. The Hall–Kier alpha value is -2.85. The van der Waals surface area contributed by atoms with Gasteiger partial charge in [-0.25, -0.2) is 4.79 Å². The van der Waals surface area contributed by atoms with Crippen LogP contribution in [0.1, 0.15) is 36.4 Å². The fourth-order valence-corrected chi connectivity index (χ4v) is 4.49. The standard InChI is InChI=1S/C25H29F3N2O5/c1-32-20-7-5-18(6-8-20)15-33-17-22(25(26,27)28)35-23(31)30-12-9-24(10-13-30)14-19(16-34-24)21-4-2-3-11-29-21/h2-8,11,19,22H,9-10,12-17H2,1H3/t19?,22-/m1/s1. The zero-order chi connectivity index (χ0) is 24.9. The molecule has 2 fully saturated rings. The number of pyridine rings is 1. The Kier molecular flexibility index (Phi) is 7.81. The molecule has 4 rings (SSSR count). The van der Waals surface area contributed by atoms with Crippen molar-refractivity contribution >= 4 is 6.09 Å². The lowest BCUT2D eigenvalue weighted by atomic mass is 9.84. The Morgan fingerprint density at radius 1 is 1.20 bits per heavy atom. The molecule has 0 saturated carbocycles. The van der Waals surface area contributed by atoms with Gasteiger partial charge in [0.05, 0.1) is 32.5 Å². The van der Waals surface area contributed by atoms with Gasteiger partial charge in [0.15, 0.2) is 0 Å². The van der Waals surface area contributed by atoms with Crippen molar-refractivity contribution in [2.75, 3.05) is 33.4 Å². The predicted octanol–water partition coefficient (Wildman–Crippen LogP) is 4.71. The monoisotopic (exact) mass is 494 g/mol. The van der Waals surface area contributed by atoms with E-state index in [1.807, 2.05) is 18.2 Å². The summed E-state index contributed by atoms with van der Waals surface area (Å²) in [6, 6.07) is 12.5. The van der Waals surface area contributed by atoms with Crippen molar-refractivity contribution in [1.29, 1.82) is 0 Å². The number of ether oxygens (including phenoxy) is 4. The number of alkyl halides is 3. The van der Waals surface area contributed by atoms with Crippen LogP contribution in [0, 0.1) is 0 Å². The number of hydrogen-bond donors (Lipinski definition) is 0. The molecule has 0 bridgehead atoms. The zero-order valence-electron chi connectivity index (χ0n) is 19.5. The van der Waals surface area contributed by atoms with Gasteiger partial charge in [0.2, 0.25) is 6.10 Å². The molecule has 2 aliphatic rings. The molecule has 3 heterocycles. The second-order valence-electron chi connectivity index (χ2n) is 8.91. The summed E-state index contributed by atoms with van der Waals surface area (Å²) in [5, 5.41) is 0. The number of aromatic nitrogens is 1. The first-order valence-electron chi connectivity index (χ1n) is 11.6. The van der Waals surface area contributed by atoms with Crippen LogP contribution in [-0.2, 0) is 20.8 Å². The van der Waals surface area contributed by atoms with E-state index in [2.05, 4.69) is 4.98 Å². The highest BCUT2D eigenvalue weighted by molar-refractivity contribution is 5.68. The molecule has 7 nitrogen and oxygen atoms in total. The number of halogens is 3. The third-order valence-corrected chi connectivity index (χ3v) is 6.55. The van der Waals surface area contributed by atoms with Gasteiger partial charge in [-0.3, -0.25) is 4.98 Å². The summed E-state index contributed by atoms with van der Waals surface area (Å²) in [4.78, 5) is 18.2. The smallest absolute Gasteiger partial charge is 0.427 e.